The summed E-state index contributed by atoms with van der Waals surface area (Å²) in [5.74, 6) is 0. The summed E-state index contributed by atoms with van der Waals surface area (Å²) < 4.78 is 5.24. The number of oxazole rings is 1. The third-order valence-electron chi connectivity index (χ3n) is 2.54. The van der Waals surface area contributed by atoms with Crippen molar-refractivity contribution in [2.75, 3.05) is 0 Å². The molecule has 78 valence electrons. The van der Waals surface area contributed by atoms with Gasteiger partial charge in [-0.15, -0.1) is 0 Å². The molecule has 0 aliphatic carbocycles. The van der Waals surface area contributed by atoms with Crippen molar-refractivity contribution >= 4 is 11.2 Å². The van der Waals surface area contributed by atoms with Gasteiger partial charge in [0.25, 0.3) is 0 Å². The van der Waals surface area contributed by atoms with Crippen LogP contribution in [-0.2, 0) is 0 Å². The van der Waals surface area contributed by atoms with E-state index in [1.54, 1.807) is 0 Å². The van der Waals surface area contributed by atoms with E-state index < -0.39 is 0 Å². The van der Waals surface area contributed by atoms with Crippen LogP contribution >= 0.6 is 0 Å². The molecule has 0 unspecified atom stereocenters. The van der Waals surface area contributed by atoms with E-state index >= 15 is 0 Å². The van der Waals surface area contributed by atoms with Gasteiger partial charge in [0, 0.05) is 11.8 Å². The molecule has 0 saturated heterocycles. The fraction of sp³-hybridized carbons (Fsp3) is 0.0769. The number of hydrogen-bond acceptors (Lipinski definition) is 3. The van der Waals surface area contributed by atoms with Gasteiger partial charge in [-0.2, -0.15) is 4.98 Å². The number of rotatable bonds is 1. The number of pyridine rings is 1. The van der Waals surface area contributed by atoms with Gasteiger partial charge in [-0.25, -0.2) is 4.98 Å². The molecule has 0 amide bonds. The average molecular weight is 210 g/mol. The summed E-state index contributed by atoms with van der Waals surface area (Å²) in [4.78, 5) is 8.24. The highest BCUT2D eigenvalue weighted by Gasteiger charge is 2.03. The molecule has 0 bridgehead atoms. The van der Waals surface area contributed by atoms with Crippen LogP contribution in [0.3, 0.4) is 0 Å². The SMILES string of the molecule is Cc1cccc(-c2cnc3ncoc3c2)c1. The second-order valence-electron chi connectivity index (χ2n) is 3.77. The van der Waals surface area contributed by atoms with E-state index in [4.69, 9.17) is 4.42 Å². The zero-order valence-corrected chi connectivity index (χ0v) is 8.84. The van der Waals surface area contributed by atoms with Crippen molar-refractivity contribution in [1.82, 2.24) is 9.97 Å². The molecule has 3 aromatic rings. The molecular weight excluding hydrogens is 200 g/mol. The van der Waals surface area contributed by atoms with E-state index in [1.807, 2.05) is 18.3 Å². The van der Waals surface area contributed by atoms with E-state index in [0.29, 0.717) is 5.65 Å². The van der Waals surface area contributed by atoms with Crippen LogP contribution in [0.15, 0.2) is 47.3 Å². The van der Waals surface area contributed by atoms with Gasteiger partial charge in [-0.1, -0.05) is 29.8 Å². The maximum atomic E-state index is 5.24. The summed E-state index contributed by atoms with van der Waals surface area (Å²) >= 11 is 0. The van der Waals surface area contributed by atoms with Crippen molar-refractivity contribution in [1.29, 1.82) is 0 Å². The number of aromatic nitrogens is 2. The van der Waals surface area contributed by atoms with E-state index in [-0.39, 0.29) is 0 Å². The Labute approximate surface area is 92.8 Å². The predicted molar refractivity (Wildman–Crippen MR) is 62.0 cm³/mol. The Morgan fingerprint density at radius 3 is 2.88 bits per heavy atom. The molecule has 0 aliphatic heterocycles. The molecule has 1 aromatic carbocycles. The van der Waals surface area contributed by atoms with E-state index in [9.17, 15) is 0 Å². The summed E-state index contributed by atoms with van der Waals surface area (Å²) in [6.45, 7) is 2.07. The molecule has 3 nitrogen and oxygen atoms in total. The van der Waals surface area contributed by atoms with E-state index in [2.05, 4.69) is 35.1 Å². The summed E-state index contributed by atoms with van der Waals surface area (Å²) in [7, 11) is 0. The number of nitrogens with zero attached hydrogens (tertiary/aromatic N) is 2. The molecule has 0 spiro atoms. The van der Waals surface area contributed by atoms with Gasteiger partial charge in [-0.05, 0) is 18.6 Å². The van der Waals surface area contributed by atoms with Gasteiger partial charge in [0.15, 0.2) is 17.6 Å². The van der Waals surface area contributed by atoms with Crippen LogP contribution in [0.1, 0.15) is 5.56 Å². The van der Waals surface area contributed by atoms with Crippen LogP contribution in [0.2, 0.25) is 0 Å². The molecular formula is C13H10N2O. The summed E-state index contributed by atoms with van der Waals surface area (Å²) in [6, 6.07) is 10.3. The Morgan fingerprint density at radius 1 is 1.06 bits per heavy atom. The molecule has 0 aliphatic rings. The van der Waals surface area contributed by atoms with Gasteiger partial charge >= 0.3 is 0 Å². The zero-order chi connectivity index (χ0) is 11.0. The van der Waals surface area contributed by atoms with Crippen LogP contribution in [0.4, 0.5) is 0 Å². The Hall–Kier alpha value is -2.16. The molecule has 0 atom stereocenters. The third-order valence-corrected chi connectivity index (χ3v) is 2.54. The number of hydrogen-bond donors (Lipinski definition) is 0. The lowest BCUT2D eigenvalue weighted by Crippen LogP contribution is -1.82. The Bertz CT molecular complexity index is 643. The quantitative estimate of drug-likeness (QED) is 0.619. The second-order valence-corrected chi connectivity index (χ2v) is 3.77. The number of aryl methyl sites for hydroxylation is 1. The molecule has 0 fully saturated rings. The molecule has 2 aromatic heterocycles. The number of fused-ring (bicyclic) bond motifs is 1. The van der Waals surface area contributed by atoms with E-state index in [1.165, 1.54) is 12.0 Å². The maximum Gasteiger partial charge on any atom is 0.198 e. The van der Waals surface area contributed by atoms with Gasteiger partial charge in [0.05, 0.1) is 0 Å². The number of benzene rings is 1. The van der Waals surface area contributed by atoms with Gasteiger partial charge in [0.1, 0.15) is 0 Å². The Kier molecular flexibility index (Phi) is 1.96. The highest BCUT2D eigenvalue weighted by molar-refractivity contribution is 5.76. The summed E-state index contributed by atoms with van der Waals surface area (Å²) in [6.07, 6.45) is 3.23. The normalized spacial score (nSPS) is 10.8. The molecule has 0 N–H and O–H groups in total. The predicted octanol–water partition coefficient (Wildman–Crippen LogP) is 3.20. The molecule has 0 saturated carbocycles. The van der Waals surface area contributed by atoms with Crippen molar-refractivity contribution in [3.8, 4) is 11.1 Å². The lowest BCUT2D eigenvalue weighted by Gasteiger charge is -2.01. The Morgan fingerprint density at radius 2 is 2.00 bits per heavy atom. The molecule has 3 rings (SSSR count). The van der Waals surface area contributed by atoms with Gasteiger partial charge in [0.2, 0.25) is 0 Å². The smallest absolute Gasteiger partial charge is 0.198 e. The van der Waals surface area contributed by atoms with Gasteiger partial charge < -0.3 is 4.42 Å². The monoisotopic (exact) mass is 210 g/mol. The van der Waals surface area contributed by atoms with Crippen molar-refractivity contribution in [2.24, 2.45) is 0 Å². The van der Waals surface area contributed by atoms with Crippen molar-refractivity contribution in [3.05, 3.63) is 48.5 Å². The maximum absolute atomic E-state index is 5.24. The second kappa shape index (κ2) is 3.45. The van der Waals surface area contributed by atoms with Crippen LogP contribution in [-0.4, -0.2) is 9.97 Å². The largest absolute Gasteiger partial charge is 0.442 e. The lowest BCUT2D eigenvalue weighted by atomic mass is 10.1. The highest BCUT2D eigenvalue weighted by Crippen LogP contribution is 2.22. The summed E-state index contributed by atoms with van der Waals surface area (Å²) in [5, 5.41) is 0. The first kappa shape index (κ1) is 9.09. The molecule has 16 heavy (non-hydrogen) atoms. The van der Waals surface area contributed by atoms with Crippen LogP contribution in [0, 0.1) is 6.92 Å². The topological polar surface area (TPSA) is 38.9 Å². The van der Waals surface area contributed by atoms with Crippen molar-refractivity contribution < 1.29 is 4.42 Å². The fourth-order valence-electron chi connectivity index (χ4n) is 1.74. The van der Waals surface area contributed by atoms with Crippen molar-refractivity contribution in [2.45, 2.75) is 6.92 Å². The minimum Gasteiger partial charge on any atom is -0.442 e. The minimum atomic E-state index is 0.649. The highest BCUT2D eigenvalue weighted by atomic mass is 16.3. The minimum absolute atomic E-state index is 0.649. The van der Waals surface area contributed by atoms with Crippen LogP contribution < -0.4 is 0 Å². The van der Waals surface area contributed by atoms with Crippen LogP contribution in [0.25, 0.3) is 22.4 Å². The third kappa shape index (κ3) is 1.46. The average Bonchev–Trinajstić information content (AvgIpc) is 2.75. The fourth-order valence-corrected chi connectivity index (χ4v) is 1.74. The zero-order valence-electron chi connectivity index (χ0n) is 8.84. The first-order chi connectivity index (χ1) is 7.83. The summed E-state index contributed by atoms with van der Waals surface area (Å²) in [5.41, 5.74) is 4.80. The molecule has 0 radical (unpaired) electrons. The first-order valence-electron chi connectivity index (χ1n) is 5.09. The first-order valence-corrected chi connectivity index (χ1v) is 5.09. The van der Waals surface area contributed by atoms with Gasteiger partial charge in [-0.3, -0.25) is 0 Å². The van der Waals surface area contributed by atoms with Crippen molar-refractivity contribution in [3.63, 3.8) is 0 Å². The lowest BCUT2D eigenvalue weighted by molar-refractivity contribution is 0.602. The standard InChI is InChI=1S/C13H10N2O/c1-9-3-2-4-10(5-9)11-6-12-13(14-7-11)15-8-16-12/h2-8H,1H3. The van der Waals surface area contributed by atoms with E-state index in [0.717, 1.165) is 16.7 Å². The Balaban J connectivity index is 2.18. The molecule has 2 heterocycles. The van der Waals surface area contributed by atoms with Crippen LogP contribution in [0.5, 0.6) is 0 Å². The molecule has 3 heteroatoms.